The maximum atomic E-state index is 12.6. The molecule has 0 aromatic carbocycles. The van der Waals surface area contributed by atoms with Crippen molar-refractivity contribution in [3.8, 4) is 0 Å². The molecular weight excluding hydrogens is 332 g/mol. The van der Waals surface area contributed by atoms with Crippen LogP contribution in [0.15, 0.2) is 0 Å². The number of nitrogens with one attached hydrogen (secondary N) is 3. The highest BCUT2D eigenvalue weighted by Gasteiger charge is 2.52. The minimum atomic E-state index is -0.645. The van der Waals surface area contributed by atoms with Crippen LogP contribution in [0.25, 0.3) is 0 Å². The Hall–Kier alpha value is -1.63. The van der Waals surface area contributed by atoms with Gasteiger partial charge < -0.3 is 15.5 Å². The number of imide groups is 1. The van der Waals surface area contributed by atoms with Crippen molar-refractivity contribution >= 4 is 17.8 Å². The first-order chi connectivity index (χ1) is 12.5. The number of quaternary nitrogens is 1. The van der Waals surface area contributed by atoms with Crippen molar-refractivity contribution in [1.82, 2.24) is 15.5 Å². The Bertz CT molecular complexity index is 537. The lowest BCUT2D eigenvalue weighted by Gasteiger charge is -2.29. The first-order valence-corrected chi connectivity index (χ1v) is 10.3. The number of hydrogen-bond acceptors (Lipinski definition) is 3. The third-order valence-electron chi connectivity index (χ3n) is 6.15. The first-order valence-electron chi connectivity index (χ1n) is 10.3. The Morgan fingerprint density at radius 3 is 2.62 bits per heavy atom. The molecule has 146 valence electrons. The zero-order valence-corrected chi connectivity index (χ0v) is 15.9. The average Bonchev–Trinajstić information content (AvgIpc) is 3.17. The van der Waals surface area contributed by atoms with Crippen LogP contribution in [0.5, 0.6) is 0 Å². The molecule has 1 aliphatic carbocycles. The summed E-state index contributed by atoms with van der Waals surface area (Å²) in [6.07, 6.45) is 7.64. The van der Waals surface area contributed by atoms with Gasteiger partial charge in [0.1, 0.15) is 5.54 Å². The first kappa shape index (κ1) is 19.1. The fraction of sp³-hybridized carbons (Fsp3) is 0.842. The summed E-state index contributed by atoms with van der Waals surface area (Å²) in [6.45, 7) is 6.01. The lowest BCUT2D eigenvalue weighted by atomic mass is 9.98. The monoisotopic (exact) mass is 365 g/mol. The van der Waals surface area contributed by atoms with E-state index >= 15 is 0 Å². The Labute approximate surface area is 155 Å². The van der Waals surface area contributed by atoms with E-state index in [4.69, 9.17) is 0 Å². The van der Waals surface area contributed by atoms with Gasteiger partial charge in [-0.25, -0.2) is 4.79 Å². The molecule has 7 heteroatoms. The molecule has 4 amide bonds. The predicted molar refractivity (Wildman–Crippen MR) is 97.7 cm³/mol. The molecule has 0 atom stereocenters. The minimum absolute atomic E-state index is 0.0385. The van der Waals surface area contributed by atoms with E-state index in [2.05, 4.69) is 17.6 Å². The van der Waals surface area contributed by atoms with Gasteiger partial charge in [0.2, 0.25) is 5.91 Å². The summed E-state index contributed by atoms with van der Waals surface area (Å²) in [5.74, 6) is -0.0525. The normalized spacial score (nSPS) is 27.8. The Balaban J connectivity index is 1.36. The average molecular weight is 365 g/mol. The molecule has 0 aromatic rings. The zero-order chi connectivity index (χ0) is 18.6. The summed E-state index contributed by atoms with van der Waals surface area (Å²) >= 11 is 0. The third kappa shape index (κ3) is 4.19. The van der Waals surface area contributed by atoms with Crippen LogP contribution < -0.4 is 15.5 Å². The van der Waals surface area contributed by atoms with Crippen LogP contribution in [0.2, 0.25) is 0 Å². The summed E-state index contributed by atoms with van der Waals surface area (Å²) in [5.41, 5.74) is -0.645. The SMILES string of the molecule is CCC[NH+]1CCC(NC(=O)CCCN2C(=O)NC3(CCCC3)C2=O)CC1. The Kier molecular flexibility index (Phi) is 6.16. The van der Waals surface area contributed by atoms with E-state index < -0.39 is 5.54 Å². The Morgan fingerprint density at radius 1 is 1.27 bits per heavy atom. The van der Waals surface area contributed by atoms with Gasteiger partial charge in [0.25, 0.3) is 5.91 Å². The molecule has 0 unspecified atom stereocenters. The highest BCUT2D eigenvalue weighted by Crippen LogP contribution is 2.35. The smallest absolute Gasteiger partial charge is 0.325 e. The van der Waals surface area contributed by atoms with Gasteiger partial charge in [-0.15, -0.1) is 0 Å². The molecule has 1 saturated carbocycles. The van der Waals surface area contributed by atoms with Crippen molar-refractivity contribution in [3.63, 3.8) is 0 Å². The summed E-state index contributed by atoms with van der Waals surface area (Å²) in [5, 5.41) is 6.00. The molecule has 3 aliphatic rings. The van der Waals surface area contributed by atoms with Crippen LogP contribution in [-0.4, -0.2) is 60.5 Å². The lowest BCUT2D eigenvalue weighted by Crippen LogP contribution is -3.13. The van der Waals surface area contributed by atoms with Crippen LogP contribution in [0.4, 0.5) is 4.79 Å². The van der Waals surface area contributed by atoms with Gasteiger partial charge in [-0.3, -0.25) is 14.5 Å². The lowest BCUT2D eigenvalue weighted by molar-refractivity contribution is -0.905. The van der Waals surface area contributed by atoms with Crippen molar-refractivity contribution in [2.24, 2.45) is 0 Å². The number of amides is 4. The molecule has 0 aromatic heterocycles. The van der Waals surface area contributed by atoms with E-state index in [9.17, 15) is 14.4 Å². The number of likely N-dealkylation sites (tertiary alicyclic amines) is 1. The maximum absolute atomic E-state index is 12.6. The highest BCUT2D eigenvalue weighted by molar-refractivity contribution is 6.07. The number of urea groups is 1. The molecule has 3 rings (SSSR count). The zero-order valence-electron chi connectivity index (χ0n) is 15.9. The van der Waals surface area contributed by atoms with Crippen molar-refractivity contribution < 1.29 is 19.3 Å². The van der Waals surface area contributed by atoms with Crippen LogP contribution >= 0.6 is 0 Å². The van der Waals surface area contributed by atoms with E-state index in [-0.39, 0.29) is 23.9 Å². The van der Waals surface area contributed by atoms with Gasteiger partial charge in [0.15, 0.2) is 0 Å². The van der Waals surface area contributed by atoms with E-state index in [0.717, 1.165) is 51.6 Å². The van der Waals surface area contributed by atoms with E-state index in [1.54, 1.807) is 4.90 Å². The topological polar surface area (TPSA) is 82.9 Å². The van der Waals surface area contributed by atoms with Gasteiger partial charge in [0.05, 0.1) is 19.6 Å². The van der Waals surface area contributed by atoms with Gasteiger partial charge in [-0.2, -0.15) is 0 Å². The third-order valence-corrected chi connectivity index (χ3v) is 6.15. The van der Waals surface area contributed by atoms with Crippen molar-refractivity contribution in [2.45, 2.75) is 76.3 Å². The van der Waals surface area contributed by atoms with Gasteiger partial charge in [-0.1, -0.05) is 19.8 Å². The number of carbonyl (C=O) groups is 3. The molecule has 7 nitrogen and oxygen atoms in total. The quantitative estimate of drug-likeness (QED) is 0.564. The summed E-state index contributed by atoms with van der Waals surface area (Å²) in [6, 6.07) is -0.00911. The second-order valence-electron chi connectivity index (χ2n) is 8.12. The molecule has 0 radical (unpaired) electrons. The van der Waals surface area contributed by atoms with Crippen LogP contribution in [0, 0.1) is 0 Å². The van der Waals surface area contributed by atoms with E-state index in [1.807, 2.05) is 0 Å². The van der Waals surface area contributed by atoms with Gasteiger partial charge in [0, 0.05) is 31.8 Å². The molecule has 26 heavy (non-hydrogen) atoms. The summed E-state index contributed by atoms with van der Waals surface area (Å²) < 4.78 is 0. The number of carbonyl (C=O) groups excluding carboxylic acids is 3. The van der Waals surface area contributed by atoms with Crippen molar-refractivity contribution in [1.29, 1.82) is 0 Å². The minimum Gasteiger partial charge on any atom is -0.353 e. The number of hydrogen-bond donors (Lipinski definition) is 3. The molecule has 2 heterocycles. The number of nitrogens with zero attached hydrogens (tertiary/aromatic N) is 1. The molecular formula is C19H33N4O3+. The molecule has 2 aliphatic heterocycles. The van der Waals surface area contributed by atoms with Crippen LogP contribution in [0.3, 0.4) is 0 Å². The molecule has 3 N–H and O–H groups in total. The second kappa shape index (κ2) is 8.37. The number of piperidine rings is 1. The second-order valence-corrected chi connectivity index (χ2v) is 8.12. The van der Waals surface area contributed by atoms with E-state index in [0.29, 0.717) is 19.4 Å². The van der Waals surface area contributed by atoms with Gasteiger partial charge in [-0.05, 0) is 25.7 Å². The van der Waals surface area contributed by atoms with Gasteiger partial charge >= 0.3 is 6.03 Å². The predicted octanol–water partition coefficient (Wildman–Crippen LogP) is 0.205. The summed E-state index contributed by atoms with van der Waals surface area (Å²) in [7, 11) is 0. The largest absolute Gasteiger partial charge is 0.353 e. The van der Waals surface area contributed by atoms with Crippen molar-refractivity contribution in [3.05, 3.63) is 0 Å². The highest BCUT2D eigenvalue weighted by atomic mass is 16.2. The van der Waals surface area contributed by atoms with Crippen molar-refractivity contribution in [2.75, 3.05) is 26.2 Å². The molecule has 2 saturated heterocycles. The standard InChI is InChI=1S/C19H32N4O3/c1-2-11-22-13-7-15(8-14-22)20-16(24)6-5-12-23-17(25)19(21-18(23)26)9-3-4-10-19/h15H,2-14H2,1H3,(H,20,24)(H,21,26)/p+1. The van der Waals surface area contributed by atoms with E-state index in [1.165, 1.54) is 17.9 Å². The Morgan fingerprint density at radius 2 is 1.96 bits per heavy atom. The van der Waals surface area contributed by atoms with Crippen LogP contribution in [-0.2, 0) is 9.59 Å². The fourth-order valence-electron chi connectivity index (χ4n) is 4.67. The van der Waals surface area contributed by atoms with Crippen LogP contribution in [0.1, 0.15) is 64.7 Å². The summed E-state index contributed by atoms with van der Waals surface area (Å²) in [4.78, 5) is 39.8. The molecule has 0 bridgehead atoms. The molecule has 1 spiro atoms. The fourth-order valence-corrected chi connectivity index (χ4v) is 4.67. The molecule has 3 fully saturated rings. The maximum Gasteiger partial charge on any atom is 0.325 e. The number of rotatable bonds is 7.